The number of aromatic nitrogens is 2. The van der Waals surface area contributed by atoms with Crippen molar-refractivity contribution >= 4 is 5.91 Å². The van der Waals surface area contributed by atoms with Crippen LogP contribution in [0.2, 0.25) is 0 Å². The van der Waals surface area contributed by atoms with Crippen molar-refractivity contribution in [2.45, 2.75) is 33.9 Å². The van der Waals surface area contributed by atoms with Crippen molar-refractivity contribution in [3.05, 3.63) is 50.9 Å². The number of nitrogens with zero attached hydrogens (tertiary/aromatic N) is 4. The molecule has 1 aliphatic rings. The predicted octanol–water partition coefficient (Wildman–Crippen LogP) is 1.51. The number of carbonyl (C=O) groups excluding carboxylic acids is 1. The third-order valence-electron chi connectivity index (χ3n) is 4.58. The maximum Gasteiger partial charge on any atom is 0.285 e. The highest BCUT2D eigenvalue weighted by Crippen LogP contribution is 2.32. The molecule has 0 aliphatic carbocycles. The van der Waals surface area contributed by atoms with E-state index >= 15 is 0 Å². The number of ether oxygens (including phenoxy) is 2. The molecule has 0 radical (unpaired) electrons. The second-order valence-electron chi connectivity index (χ2n) is 6.26. The fourth-order valence-corrected chi connectivity index (χ4v) is 2.87. The molecule has 3 rings (SSSR count). The topological polar surface area (TPSA) is 97.4 Å². The third kappa shape index (κ3) is 3.62. The Bertz CT molecular complexity index is 990. The molecule has 1 aromatic carbocycles. The summed E-state index contributed by atoms with van der Waals surface area (Å²) in [6.07, 6.45) is 0. The van der Waals surface area contributed by atoms with Gasteiger partial charge in [0.25, 0.3) is 5.56 Å². The Morgan fingerprint density at radius 2 is 2.07 bits per heavy atom. The van der Waals surface area contributed by atoms with Gasteiger partial charge in [-0.2, -0.15) is 10.4 Å². The van der Waals surface area contributed by atoms with E-state index in [1.807, 2.05) is 31.2 Å². The maximum absolute atomic E-state index is 12.7. The van der Waals surface area contributed by atoms with E-state index in [9.17, 15) is 14.9 Å². The summed E-state index contributed by atoms with van der Waals surface area (Å²) < 4.78 is 11.7. The highest BCUT2D eigenvalue weighted by molar-refractivity contribution is 5.76. The number of likely N-dealkylation sites (N-methyl/N-ethyl adjacent to an activating group) is 1. The zero-order valence-corrected chi connectivity index (χ0v) is 15.5. The molecule has 0 bridgehead atoms. The van der Waals surface area contributed by atoms with Crippen molar-refractivity contribution in [3.8, 4) is 17.6 Å². The van der Waals surface area contributed by atoms with Gasteiger partial charge >= 0.3 is 0 Å². The molecule has 2 aromatic rings. The minimum Gasteiger partial charge on any atom is -0.454 e. The van der Waals surface area contributed by atoms with Gasteiger partial charge in [-0.25, -0.2) is 4.68 Å². The van der Waals surface area contributed by atoms with Gasteiger partial charge in [-0.1, -0.05) is 6.07 Å². The number of amides is 1. The second kappa shape index (κ2) is 7.50. The van der Waals surface area contributed by atoms with Crippen molar-refractivity contribution in [2.24, 2.45) is 0 Å². The van der Waals surface area contributed by atoms with Crippen LogP contribution in [0, 0.1) is 25.2 Å². The SMILES string of the molecule is CCN(Cc1ccc2c(c1)OCO2)C(=O)Cn1nc(C)c(C)c(C#N)c1=O. The smallest absolute Gasteiger partial charge is 0.285 e. The average Bonchev–Trinajstić information content (AvgIpc) is 3.12. The maximum atomic E-state index is 12.7. The van der Waals surface area contributed by atoms with Gasteiger partial charge in [-0.3, -0.25) is 9.59 Å². The molecule has 0 atom stereocenters. The summed E-state index contributed by atoms with van der Waals surface area (Å²) in [5, 5.41) is 13.4. The summed E-state index contributed by atoms with van der Waals surface area (Å²) in [7, 11) is 0. The largest absolute Gasteiger partial charge is 0.454 e. The monoisotopic (exact) mass is 368 g/mol. The molecule has 0 saturated heterocycles. The summed E-state index contributed by atoms with van der Waals surface area (Å²) >= 11 is 0. The number of hydrogen-bond donors (Lipinski definition) is 0. The lowest BCUT2D eigenvalue weighted by molar-refractivity contribution is -0.132. The number of hydrogen-bond acceptors (Lipinski definition) is 6. The second-order valence-corrected chi connectivity index (χ2v) is 6.26. The van der Waals surface area contributed by atoms with Crippen molar-refractivity contribution in [3.63, 3.8) is 0 Å². The quantitative estimate of drug-likeness (QED) is 0.793. The van der Waals surface area contributed by atoms with Crippen LogP contribution in [0.3, 0.4) is 0 Å². The highest BCUT2D eigenvalue weighted by Gasteiger charge is 2.19. The number of aryl methyl sites for hydroxylation is 1. The number of carbonyl (C=O) groups is 1. The molecular weight excluding hydrogens is 348 g/mol. The third-order valence-corrected chi connectivity index (χ3v) is 4.58. The van der Waals surface area contributed by atoms with Crippen LogP contribution in [-0.4, -0.2) is 33.9 Å². The lowest BCUT2D eigenvalue weighted by Gasteiger charge is -2.21. The molecule has 2 heterocycles. The molecule has 140 valence electrons. The molecular formula is C19H20N4O4. The number of benzene rings is 1. The van der Waals surface area contributed by atoms with Crippen molar-refractivity contribution in [2.75, 3.05) is 13.3 Å². The van der Waals surface area contributed by atoms with Crippen LogP contribution in [0.1, 0.15) is 29.3 Å². The van der Waals surface area contributed by atoms with Crippen LogP contribution in [0.5, 0.6) is 11.5 Å². The predicted molar refractivity (Wildman–Crippen MR) is 96.3 cm³/mol. The van der Waals surface area contributed by atoms with E-state index in [0.29, 0.717) is 35.8 Å². The Morgan fingerprint density at radius 1 is 1.33 bits per heavy atom. The van der Waals surface area contributed by atoms with Crippen LogP contribution in [-0.2, 0) is 17.9 Å². The van der Waals surface area contributed by atoms with E-state index < -0.39 is 5.56 Å². The minimum absolute atomic E-state index is 0.0223. The first kappa shape index (κ1) is 18.5. The molecule has 8 heteroatoms. The lowest BCUT2D eigenvalue weighted by Crippen LogP contribution is -2.38. The van der Waals surface area contributed by atoms with Crippen LogP contribution < -0.4 is 15.0 Å². The van der Waals surface area contributed by atoms with E-state index in [1.54, 1.807) is 18.7 Å². The van der Waals surface area contributed by atoms with E-state index in [-0.39, 0.29) is 24.8 Å². The lowest BCUT2D eigenvalue weighted by atomic mass is 10.1. The van der Waals surface area contributed by atoms with Gasteiger partial charge in [-0.15, -0.1) is 0 Å². The normalized spacial score (nSPS) is 11.9. The molecule has 0 fully saturated rings. The highest BCUT2D eigenvalue weighted by atomic mass is 16.7. The molecule has 0 N–H and O–H groups in total. The van der Waals surface area contributed by atoms with Crippen molar-refractivity contribution < 1.29 is 14.3 Å². The van der Waals surface area contributed by atoms with Gasteiger partial charge in [0.1, 0.15) is 18.2 Å². The number of fused-ring (bicyclic) bond motifs is 1. The molecule has 1 aromatic heterocycles. The average molecular weight is 368 g/mol. The first-order chi connectivity index (χ1) is 12.9. The molecule has 0 spiro atoms. The molecule has 0 saturated carbocycles. The van der Waals surface area contributed by atoms with Crippen molar-refractivity contribution in [1.29, 1.82) is 5.26 Å². The summed E-state index contributed by atoms with van der Waals surface area (Å²) in [6.45, 7) is 6.06. The first-order valence-electron chi connectivity index (χ1n) is 8.59. The molecule has 1 amide bonds. The van der Waals surface area contributed by atoms with Crippen LogP contribution in [0.4, 0.5) is 0 Å². The zero-order chi connectivity index (χ0) is 19.6. The molecule has 1 aliphatic heterocycles. The van der Waals surface area contributed by atoms with E-state index in [0.717, 1.165) is 10.2 Å². The van der Waals surface area contributed by atoms with Gasteiger partial charge in [0, 0.05) is 13.1 Å². The van der Waals surface area contributed by atoms with E-state index in [4.69, 9.17) is 9.47 Å². The Hall–Kier alpha value is -3.34. The van der Waals surface area contributed by atoms with Crippen LogP contribution in [0.25, 0.3) is 0 Å². The summed E-state index contributed by atoms with van der Waals surface area (Å²) in [5.41, 5.74) is 1.46. The Kier molecular flexibility index (Phi) is 5.12. The fourth-order valence-electron chi connectivity index (χ4n) is 2.87. The van der Waals surface area contributed by atoms with Crippen LogP contribution in [0.15, 0.2) is 23.0 Å². The van der Waals surface area contributed by atoms with Gasteiger partial charge in [0.05, 0.1) is 5.69 Å². The molecule has 27 heavy (non-hydrogen) atoms. The Morgan fingerprint density at radius 3 is 2.78 bits per heavy atom. The summed E-state index contributed by atoms with van der Waals surface area (Å²) in [6, 6.07) is 7.42. The zero-order valence-electron chi connectivity index (χ0n) is 15.5. The Balaban J connectivity index is 1.79. The molecule has 8 nitrogen and oxygen atoms in total. The Labute approximate surface area is 156 Å². The van der Waals surface area contributed by atoms with E-state index in [2.05, 4.69) is 5.10 Å². The van der Waals surface area contributed by atoms with E-state index in [1.165, 1.54) is 0 Å². The number of rotatable bonds is 5. The van der Waals surface area contributed by atoms with Crippen molar-refractivity contribution in [1.82, 2.24) is 14.7 Å². The standard InChI is InChI=1S/C19H20N4O4/c1-4-22(9-14-5-6-16-17(7-14)27-11-26-16)18(24)10-23-19(25)15(8-20)12(2)13(3)21-23/h5-7H,4,9-11H2,1-3H3. The van der Waals surface area contributed by atoms with Gasteiger partial charge < -0.3 is 14.4 Å². The summed E-state index contributed by atoms with van der Waals surface area (Å²) in [4.78, 5) is 26.7. The van der Waals surface area contributed by atoms with Gasteiger partial charge in [0.15, 0.2) is 11.5 Å². The number of nitriles is 1. The summed E-state index contributed by atoms with van der Waals surface area (Å²) in [5.74, 6) is 1.08. The van der Waals surface area contributed by atoms with Gasteiger partial charge in [-0.05, 0) is 44.0 Å². The first-order valence-corrected chi connectivity index (χ1v) is 8.59. The van der Waals surface area contributed by atoms with Gasteiger partial charge in [0.2, 0.25) is 12.7 Å². The minimum atomic E-state index is -0.548. The fraction of sp³-hybridized carbons (Fsp3) is 0.368. The van der Waals surface area contributed by atoms with Crippen LogP contribution >= 0.6 is 0 Å². The molecule has 0 unspecified atom stereocenters.